The molecule has 0 atom stereocenters. The van der Waals surface area contributed by atoms with Crippen LogP contribution >= 0.6 is 0 Å². The number of benzene rings is 1. The van der Waals surface area contributed by atoms with Gasteiger partial charge in [0.05, 0.1) is 5.56 Å². The van der Waals surface area contributed by atoms with Crippen LogP contribution in [0.25, 0.3) is 0 Å². The van der Waals surface area contributed by atoms with Gasteiger partial charge >= 0.3 is 0 Å². The second-order valence-corrected chi connectivity index (χ2v) is 4.26. The predicted molar refractivity (Wildman–Crippen MR) is 57.3 cm³/mol. The first kappa shape index (κ1) is 10.3. The van der Waals surface area contributed by atoms with Crippen molar-refractivity contribution in [3.8, 4) is 0 Å². The SMILES string of the molecule is O=C(CC1CCCC1)c1ccccc1F. The van der Waals surface area contributed by atoms with Crippen LogP contribution in [0.1, 0.15) is 42.5 Å². The number of Topliss-reactive ketones (excluding diaryl/α,β-unsaturated/α-hetero) is 1. The monoisotopic (exact) mass is 206 g/mol. The highest BCUT2D eigenvalue weighted by atomic mass is 19.1. The molecule has 0 amide bonds. The van der Waals surface area contributed by atoms with Gasteiger partial charge in [-0.15, -0.1) is 0 Å². The van der Waals surface area contributed by atoms with Crippen molar-refractivity contribution in [3.63, 3.8) is 0 Å². The standard InChI is InChI=1S/C13H15FO/c14-12-8-4-3-7-11(12)13(15)9-10-5-1-2-6-10/h3-4,7-8,10H,1-2,5-6,9H2. The molecule has 2 heteroatoms. The van der Waals surface area contributed by atoms with Gasteiger partial charge in [-0.25, -0.2) is 4.39 Å². The van der Waals surface area contributed by atoms with Crippen molar-refractivity contribution in [3.05, 3.63) is 35.6 Å². The van der Waals surface area contributed by atoms with E-state index in [2.05, 4.69) is 0 Å². The first-order valence-electron chi connectivity index (χ1n) is 5.55. The van der Waals surface area contributed by atoms with Crippen LogP contribution in [0.2, 0.25) is 0 Å². The van der Waals surface area contributed by atoms with Crippen LogP contribution in [0.4, 0.5) is 4.39 Å². The summed E-state index contributed by atoms with van der Waals surface area (Å²) in [5.74, 6) is 0.0533. The summed E-state index contributed by atoms with van der Waals surface area (Å²) >= 11 is 0. The Morgan fingerprint density at radius 2 is 1.93 bits per heavy atom. The molecule has 1 saturated carbocycles. The number of hydrogen-bond donors (Lipinski definition) is 0. The fourth-order valence-corrected chi connectivity index (χ4v) is 2.27. The van der Waals surface area contributed by atoms with Gasteiger partial charge < -0.3 is 0 Å². The molecule has 1 aliphatic rings. The van der Waals surface area contributed by atoms with Crippen LogP contribution in [0.3, 0.4) is 0 Å². The van der Waals surface area contributed by atoms with Crippen LogP contribution in [-0.4, -0.2) is 5.78 Å². The molecular formula is C13H15FO. The Balaban J connectivity index is 2.04. The first-order valence-corrected chi connectivity index (χ1v) is 5.55. The summed E-state index contributed by atoms with van der Waals surface area (Å²) in [5.41, 5.74) is 0.254. The van der Waals surface area contributed by atoms with Crippen LogP contribution in [0.15, 0.2) is 24.3 Å². The van der Waals surface area contributed by atoms with Gasteiger partial charge in [0.1, 0.15) is 5.82 Å². The van der Waals surface area contributed by atoms with E-state index in [0.717, 1.165) is 12.8 Å². The fraction of sp³-hybridized carbons (Fsp3) is 0.462. The van der Waals surface area contributed by atoms with Crippen molar-refractivity contribution in [2.45, 2.75) is 32.1 Å². The average Bonchev–Trinajstić information content (AvgIpc) is 2.71. The lowest BCUT2D eigenvalue weighted by molar-refractivity contribution is 0.0958. The van der Waals surface area contributed by atoms with Gasteiger partial charge in [0, 0.05) is 6.42 Å². The van der Waals surface area contributed by atoms with E-state index in [1.165, 1.54) is 18.9 Å². The second kappa shape index (κ2) is 4.56. The van der Waals surface area contributed by atoms with E-state index < -0.39 is 0 Å². The first-order chi connectivity index (χ1) is 7.27. The highest BCUT2D eigenvalue weighted by Gasteiger charge is 2.20. The van der Waals surface area contributed by atoms with Gasteiger partial charge in [-0.2, -0.15) is 0 Å². The summed E-state index contributed by atoms with van der Waals surface area (Å²) in [6.07, 6.45) is 5.20. The lowest BCUT2D eigenvalue weighted by Gasteiger charge is -2.07. The van der Waals surface area contributed by atoms with Crippen LogP contribution in [-0.2, 0) is 0 Å². The molecule has 1 fully saturated rings. The van der Waals surface area contributed by atoms with Crippen molar-refractivity contribution in [1.29, 1.82) is 0 Å². The molecule has 0 spiro atoms. The number of carbonyl (C=O) groups is 1. The molecule has 0 heterocycles. The van der Waals surface area contributed by atoms with Gasteiger partial charge in [0.25, 0.3) is 0 Å². The zero-order valence-corrected chi connectivity index (χ0v) is 8.71. The molecular weight excluding hydrogens is 191 g/mol. The van der Waals surface area contributed by atoms with Gasteiger partial charge in [0.15, 0.2) is 5.78 Å². The Labute approximate surface area is 89.3 Å². The molecule has 0 bridgehead atoms. The van der Waals surface area contributed by atoms with Crippen LogP contribution < -0.4 is 0 Å². The lowest BCUT2D eigenvalue weighted by atomic mass is 9.97. The average molecular weight is 206 g/mol. The number of rotatable bonds is 3. The van der Waals surface area contributed by atoms with Crippen molar-refractivity contribution in [2.75, 3.05) is 0 Å². The summed E-state index contributed by atoms with van der Waals surface area (Å²) in [5, 5.41) is 0. The zero-order valence-electron chi connectivity index (χ0n) is 8.71. The van der Waals surface area contributed by atoms with Crippen molar-refractivity contribution < 1.29 is 9.18 Å². The van der Waals surface area contributed by atoms with Gasteiger partial charge in [-0.3, -0.25) is 4.79 Å². The Morgan fingerprint density at radius 1 is 1.27 bits per heavy atom. The van der Waals surface area contributed by atoms with Gasteiger partial charge in [0.2, 0.25) is 0 Å². The van der Waals surface area contributed by atoms with E-state index in [-0.39, 0.29) is 17.2 Å². The molecule has 0 unspecified atom stereocenters. The molecule has 0 saturated heterocycles. The van der Waals surface area contributed by atoms with Crippen LogP contribution in [0, 0.1) is 11.7 Å². The molecule has 1 aromatic carbocycles. The smallest absolute Gasteiger partial charge is 0.166 e. The van der Waals surface area contributed by atoms with Crippen LogP contribution in [0.5, 0.6) is 0 Å². The van der Waals surface area contributed by atoms with Crippen molar-refractivity contribution >= 4 is 5.78 Å². The zero-order chi connectivity index (χ0) is 10.7. The number of ketones is 1. The predicted octanol–water partition coefficient (Wildman–Crippen LogP) is 3.59. The number of hydrogen-bond acceptors (Lipinski definition) is 1. The van der Waals surface area contributed by atoms with E-state index in [9.17, 15) is 9.18 Å². The van der Waals surface area contributed by atoms with E-state index >= 15 is 0 Å². The van der Waals surface area contributed by atoms with E-state index in [1.807, 2.05) is 0 Å². The molecule has 0 aromatic heterocycles. The molecule has 1 aliphatic carbocycles. The van der Waals surface area contributed by atoms with E-state index in [1.54, 1.807) is 18.2 Å². The Kier molecular flexibility index (Phi) is 3.14. The maximum atomic E-state index is 13.3. The third-order valence-electron chi connectivity index (χ3n) is 3.12. The largest absolute Gasteiger partial charge is 0.294 e. The third kappa shape index (κ3) is 2.44. The highest BCUT2D eigenvalue weighted by molar-refractivity contribution is 5.96. The topological polar surface area (TPSA) is 17.1 Å². The minimum Gasteiger partial charge on any atom is -0.294 e. The summed E-state index contributed by atoms with van der Waals surface area (Å²) in [4.78, 5) is 11.8. The maximum absolute atomic E-state index is 13.3. The molecule has 1 aromatic rings. The summed E-state index contributed by atoms with van der Waals surface area (Å²) in [6, 6.07) is 6.25. The molecule has 0 radical (unpaired) electrons. The fourth-order valence-electron chi connectivity index (χ4n) is 2.27. The van der Waals surface area contributed by atoms with Gasteiger partial charge in [-0.05, 0) is 18.1 Å². The third-order valence-corrected chi connectivity index (χ3v) is 3.12. The molecule has 0 aliphatic heterocycles. The summed E-state index contributed by atoms with van der Waals surface area (Å²) < 4.78 is 13.3. The van der Waals surface area contributed by atoms with Crippen molar-refractivity contribution in [1.82, 2.24) is 0 Å². The Bertz CT molecular complexity index is 353. The van der Waals surface area contributed by atoms with Crippen molar-refractivity contribution in [2.24, 2.45) is 5.92 Å². The van der Waals surface area contributed by atoms with Gasteiger partial charge in [-0.1, -0.05) is 37.8 Å². The molecule has 0 N–H and O–H groups in total. The Morgan fingerprint density at radius 3 is 2.60 bits per heavy atom. The quantitative estimate of drug-likeness (QED) is 0.691. The minimum absolute atomic E-state index is 0.0417. The summed E-state index contributed by atoms with van der Waals surface area (Å²) in [7, 11) is 0. The highest BCUT2D eigenvalue weighted by Crippen LogP contribution is 2.28. The summed E-state index contributed by atoms with van der Waals surface area (Å²) in [6.45, 7) is 0. The molecule has 1 nitrogen and oxygen atoms in total. The molecule has 15 heavy (non-hydrogen) atoms. The molecule has 80 valence electrons. The number of carbonyl (C=O) groups excluding carboxylic acids is 1. The van der Waals surface area contributed by atoms with E-state index in [4.69, 9.17) is 0 Å². The number of halogens is 1. The maximum Gasteiger partial charge on any atom is 0.166 e. The lowest BCUT2D eigenvalue weighted by Crippen LogP contribution is -2.07. The second-order valence-electron chi connectivity index (χ2n) is 4.26. The Hall–Kier alpha value is -1.18. The molecule has 2 rings (SSSR count). The minimum atomic E-state index is -0.388. The normalized spacial score (nSPS) is 16.9. The van der Waals surface area contributed by atoms with E-state index in [0.29, 0.717) is 12.3 Å².